The van der Waals surface area contributed by atoms with Crippen molar-refractivity contribution in [3.63, 3.8) is 0 Å². The van der Waals surface area contributed by atoms with E-state index >= 15 is 0 Å². The molecule has 0 aliphatic heterocycles. The first-order valence-corrected chi connectivity index (χ1v) is 9.96. The number of nitrogens with zero attached hydrogens (tertiary/aromatic N) is 1. The normalized spacial score (nSPS) is 11.7. The molecule has 8 heteroatoms. The molecule has 7 nitrogen and oxygen atoms in total. The Morgan fingerprint density at radius 2 is 2.07 bits per heavy atom. The van der Waals surface area contributed by atoms with Crippen molar-refractivity contribution < 1.29 is 23.6 Å². The second kappa shape index (κ2) is 9.38. The minimum atomic E-state index is -0.591. The second-order valence-corrected chi connectivity index (χ2v) is 7.48. The van der Waals surface area contributed by atoms with Gasteiger partial charge in [0.2, 0.25) is 0 Å². The SMILES string of the molecule is Cc1noc(C)c1COc1cccc(C(=O)OCC(=O)N[C@@H](C)c2cccs2)c1. The molecule has 0 aliphatic carbocycles. The van der Waals surface area contributed by atoms with Gasteiger partial charge >= 0.3 is 5.97 Å². The Morgan fingerprint density at radius 1 is 1.24 bits per heavy atom. The van der Waals surface area contributed by atoms with Crippen molar-refractivity contribution in [2.45, 2.75) is 33.4 Å². The molecule has 3 aromatic rings. The van der Waals surface area contributed by atoms with E-state index in [0.717, 1.165) is 16.1 Å². The van der Waals surface area contributed by atoms with Gasteiger partial charge in [0.25, 0.3) is 5.91 Å². The minimum Gasteiger partial charge on any atom is -0.489 e. The molecule has 152 valence electrons. The molecule has 2 aromatic heterocycles. The Morgan fingerprint density at radius 3 is 2.76 bits per heavy atom. The van der Waals surface area contributed by atoms with Crippen molar-refractivity contribution in [3.05, 3.63) is 69.2 Å². The van der Waals surface area contributed by atoms with Gasteiger partial charge in [0.05, 0.1) is 22.9 Å². The number of aryl methyl sites for hydroxylation is 2. The zero-order chi connectivity index (χ0) is 20.8. The molecular formula is C21H22N2O5S. The van der Waals surface area contributed by atoms with Crippen molar-refractivity contribution in [1.29, 1.82) is 0 Å². The number of benzene rings is 1. The Hall–Kier alpha value is -3.13. The number of hydrogen-bond acceptors (Lipinski definition) is 7. The first-order valence-electron chi connectivity index (χ1n) is 9.08. The number of nitrogens with one attached hydrogen (secondary N) is 1. The standard InChI is InChI=1S/C21H22N2O5S/c1-13-18(15(3)28-23-13)11-26-17-7-4-6-16(10-17)21(25)27-12-20(24)22-14(2)19-8-5-9-29-19/h4-10,14H,11-12H2,1-3H3,(H,22,24)/t14-/m0/s1. The van der Waals surface area contributed by atoms with Crippen LogP contribution < -0.4 is 10.1 Å². The molecule has 0 spiro atoms. The summed E-state index contributed by atoms with van der Waals surface area (Å²) in [5.74, 6) is 0.257. The topological polar surface area (TPSA) is 90.7 Å². The molecule has 0 bridgehead atoms. The first kappa shape index (κ1) is 20.6. The fourth-order valence-electron chi connectivity index (χ4n) is 2.68. The summed E-state index contributed by atoms with van der Waals surface area (Å²) in [5.41, 5.74) is 1.94. The Bertz CT molecular complexity index is 961. The maximum atomic E-state index is 12.3. The van der Waals surface area contributed by atoms with E-state index in [1.807, 2.05) is 38.3 Å². The molecule has 1 aromatic carbocycles. The smallest absolute Gasteiger partial charge is 0.338 e. The van der Waals surface area contributed by atoms with Crippen LogP contribution in [0.1, 0.15) is 45.2 Å². The van der Waals surface area contributed by atoms with Crippen LogP contribution in [0.4, 0.5) is 0 Å². The Kier molecular flexibility index (Phi) is 6.66. The molecule has 0 saturated heterocycles. The number of amides is 1. The van der Waals surface area contributed by atoms with Crippen molar-refractivity contribution in [1.82, 2.24) is 10.5 Å². The van der Waals surface area contributed by atoms with Crippen molar-refractivity contribution in [2.75, 3.05) is 6.61 Å². The number of carbonyl (C=O) groups is 2. The molecule has 1 N–H and O–H groups in total. The highest BCUT2D eigenvalue weighted by atomic mass is 32.1. The van der Waals surface area contributed by atoms with Gasteiger partial charge in [0.1, 0.15) is 18.1 Å². The molecule has 0 aliphatic rings. The van der Waals surface area contributed by atoms with Crippen LogP contribution in [-0.4, -0.2) is 23.6 Å². The zero-order valence-corrected chi connectivity index (χ0v) is 17.2. The number of thiophene rings is 1. The maximum Gasteiger partial charge on any atom is 0.338 e. The molecular weight excluding hydrogens is 392 g/mol. The van der Waals surface area contributed by atoms with Crippen LogP contribution in [0.5, 0.6) is 5.75 Å². The zero-order valence-electron chi connectivity index (χ0n) is 16.4. The number of esters is 1. The molecule has 29 heavy (non-hydrogen) atoms. The van der Waals surface area contributed by atoms with Gasteiger partial charge in [-0.05, 0) is 50.4 Å². The molecule has 0 unspecified atom stereocenters. The average molecular weight is 414 g/mol. The third kappa shape index (κ3) is 5.45. The lowest BCUT2D eigenvalue weighted by Crippen LogP contribution is -2.30. The lowest BCUT2D eigenvalue weighted by atomic mass is 10.2. The lowest BCUT2D eigenvalue weighted by molar-refractivity contribution is -0.124. The molecule has 0 fully saturated rings. The largest absolute Gasteiger partial charge is 0.489 e. The van der Waals surface area contributed by atoms with Crippen LogP contribution in [-0.2, 0) is 16.1 Å². The summed E-state index contributed by atoms with van der Waals surface area (Å²) in [6, 6.07) is 10.3. The van der Waals surface area contributed by atoms with Gasteiger partial charge in [-0.3, -0.25) is 4.79 Å². The first-order chi connectivity index (χ1) is 13.9. The monoisotopic (exact) mass is 414 g/mol. The molecule has 2 heterocycles. The predicted octanol–water partition coefficient (Wildman–Crippen LogP) is 3.97. The highest BCUT2D eigenvalue weighted by Crippen LogP contribution is 2.20. The third-order valence-corrected chi connectivity index (χ3v) is 5.37. The number of ether oxygens (including phenoxy) is 2. The van der Waals surface area contributed by atoms with E-state index in [2.05, 4.69) is 10.5 Å². The summed E-state index contributed by atoms with van der Waals surface area (Å²) in [6.45, 7) is 5.47. The lowest BCUT2D eigenvalue weighted by Gasteiger charge is -2.12. The van der Waals surface area contributed by atoms with E-state index in [0.29, 0.717) is 17.1 Å². The van der Waals surface area contributed by atoms with Gasteiger partial charge in [0.15, 0.2) is 6.61 Å². The van der Waals surface area contributed by atoms with Gasteiger partial charge in [-0.1, -0.05) is 17.3 Å². The summed E-state index contributed by atoms with van der Waals surface area (Å²) in [5, 5.41) is 8.63. The number of hydrogen-bond donors (Lipinski definition) is 1. The summed E-state index contributed by atoms with van der Waals surface area (Å²) < 4.78 is 16.0. The van der Waals surface area contributed by atoms with Gasteiger partial charge in [-0.25, -0.2) is 4.79 Å². The Balaban J connectivity index is 1.51. The summed E-state index contributed by atoms with van der Waals surface area (Å²) in [4.78, 5) is 25.3. The fourth-order valence-corrected chi connectivity index (χ4v) is 3.42. The fraction of sp³-hybridized carbons (Fsp3) is 0.286. The quantitative estimate of drug-likeness (QED) is 0.561. The molecule has 3 rings (SSSR count). The highest BCUT2D eigenvalue weighted by Gasteiger charge is 2.15. The van der Waals surface area contributed by atoms with E-state index in [1.54, 1.807) is 35.6 Å². The van der Waals surface area contributed by atoms with Gasteiger partial charge < -0.3 is 19.3 Å². The number of carbonyl (C=O) groups excluding carboxylic acids is 2. The van der Waals surface area contributed by atoms with Crippen molar-refractivity contribution in [3.8, 4) is 5.75 Å². The van der Waals surface area contributed by atoms with E-state index in [9.17, 15) is 9.59 Å². The van der Waals surface area contributed by atoms with E-state index in [4.69, 9.17) is 14.0 Å². The Labute approximate surface area is 172 Å². The molecule has 1 atom stereocenters. The van der Waals surface area contributed by atoms with Crippen LogP contribution in [0.3, 0.4) is 0 Å². The number of rotatable bonds is 8. The highest BCUT2D eigenvalue weighted by molar-refractivity contribution is 7.10. The third-order valence-electron chi connectivity index (χ3n) is 4.32. The van der Waals surface area contributed by atoms with E-state index in [-0.39, 0.29) is 25.2 Å². The van der Waals surface area contributed by atoms with Crippen LogP contribution in [0.25, 0.3) is 0 Å². The van der Waals surface area contributed by atoms with Crippen molar-refractivity contribution >= 4 is 23.2 Å². The summed E-state index contributed by atoms with van der Waals surface area (Å²) in [7, 11) is 0. The molecule has 0 saturated carbocycles. The van der Waals surface area contributed by atoms with Crippen LogP contribution in [0.15, 0.2) is 46.3 Å². The summed E-state index contributed by atoms with van der Waals surface area (Å²) >= 11 is 1.55. The van der Waals surface area contributed by atoms with Crippen LogP contribution >= 0.6 is 11.3 Å². The summed E-state index contributed by atoms with van der Waals surface area (Å²) in [6.07, 6.45) is 0. The molecule has 0 radical (unpaired) electrons. The number of aromatic nitrogens is 1. The van der Waals surface area contributed by atoms with Gasteiger partial charge in [-0.15, -0.1) is 11.3 Å². The van der Waals surface area contributed by atoms with E-state index < -0.39 is 5.97 Å². The van der Waals surface area contributed by atoms with Gasteiger partial charge in [0, 0.05) is 4.88 Å². The van der Waals surface area contributed by atoms with Crippen molar-refractivity contribution in [2.24, 2.45) is 0 Å². The minimum absolute atomic E-state index is 0.137. The van der Waals surface area contributed by atoms with Crippen LogP contribution in [0, 0.1) is 13.8 Å². The maximum absolute atomic E-state index is 12.3. The van der Waals surface area contributed by atoms with Gasteiger partial charge in [-0.2, -0.15) is 0 Å². The predicted molar refractivity (Wildman–Crippen MR) is 108 cm³/mol. The second-order valence-electron chi connectivity index (χ2n) is 6.50. The van der Waals surface area contributed by atoms with E-state index in [1.165, 1.54) is 0 Å². The average Bonchev–Trinajstić information content (AvgIpc) is 3.35. The van der Waals surface area contributed by atoms with Crippen LogP contribution in [0.2, 0.25) is 0 Å². The molecule has 1 amide bonds.